The lowest BCUT2D eigenvalue weighted by atomic mass is 9.98. The van der Waals surface area contributed by atoms with Crippen molar-refractivity contribution in [3.05, 3.63) is 34.5 Å². The van der Waals surface area contributed by atoms with Crippen molar-refractivity contribution < 1.29 is 14.7 Å². The Labute approximate surface area is 218 Å². The van der Waals surface area contributed by atoms with Crippen LogP contribution in [-0.2, 0) is 0 Å². The minimum Gasteiger partial charge on any atom is -0.478 e. The van der Waals surface area contributed by atoms with E-state index >= 15 is 0 Å². The van der Waals surface area contributed by atoms with Gasteiger partial charge in [0, 0.05) is 26.2 Å². The Kier molecular flexibility index (Phi) is 7.66. The number of anilines is 2. The average molecular weight is 510 g/mol. The lowest BCUT2D eigenvalue weighted by Gasteiger charge is -2.47. The van der Waals surface area contributed by atoms with Crippen LogP contribution in [0.2, 0.25) is 0 Å². The summed E-state index contributed by atoms with van der Waals surface area (Å²) < 4.78 is 0. The van der Waals surface area contributed by atoms with Crippen molar-refractivity contribution in [2.24, 2.45) is 5.92 Å². The summed E-state index contributed by atoms with van der Waals surface area (Å²) in [6.45, 7) is 13.9. The first-order chi connectivity index (χ1) is 17.5. The Morgan fingerprint density at radius 1 is 1.11 bits per heavy atom. The number of carbonyl (C=O) groups is 2. The summed E-state index contributed by atoms with van der Waals surface area (Å²) >= 11 is 0. The summed E-state index contributed by atoms with van der Waals surface area (Å²) in [4.78, 5) is 47.3. The number of hydrogen-bond donors (Lipinski definition) is 2. The van der Waals surface area contributed by atoms with Crippen LogP contribution in [0.5, 0.6) is 0 Å². The lowest BCUT2D eigenvalue weighted by Crippen LogP contribution is -2.61. The monoisotopic (exact) mass is 509 g/mol. The minimum atomic E-state index is -1.03. The van der Waals surface area contributed by atoms with Crippen LogP contribution in [0.15, 0.2) is 6.20 Å². The maximum atomic E-state index is 13.6. The molecule has 2 aromatic heterocycles. The molecule has 0 bridgehead atoms. The second-order valence-electron chi connectivity index (χ2n) is 11.2. The summed E-state index contributed by atoms with van der Waals surface area (Å²) in [5, 5.41) is 12.9. The Hall–Kier alpha value is -3.30. The third-order valence-electron chi connectivity index (χ3n) is 7.50. The molecule has 1 saturated heterocycles. The van der Waals surface area contributed by atoms with Crippen LogP contribution in [0.3, 0.4) is 0 Å². The van der Waals surface area contributed by atoms with Gasteiger partial charge in [0.25, 0.3) is 5.91 Å². The van der Waals surface area contributed by atoms with Gasteiger partial charge in [-0.1, -0.05) is 26.7 Å². The number of carboxylic acids is 1. The average Bonchev–Trinajstić information content (AvgIpc) is 3.34. The van der Waals surface area contributed by atoms with Gasteiger partial charge in [-0.05, 0) is 52.4 Å². The first kappa shape index (κ1) is 26.8. The van der Waals surface area contributed by atoms with Gasteiger partial charge in [-0.3, -0.25) is 4.79 Å². The SMILES string of the molecule is Cc1nc(N2CCN(C(=O)c3cnc(NCC4CCCC4)c(C(C)C)n3)C(C)(C)C2)nc(C)c1C(=O)O. The molecule has 0 aromatic carbocycles. The fourth-order valence-electron chi connectivity index (χ4n) is 5.49. The van der Waals surface area contributed by atoms with Crippen LogP contribution < -0.4 is 10.2 Å². The summed E-state index contributed by atoms with van der Waals surface area (Å²) in [7, 11) is 0. The zero-order valence-corrected chi connectivity index (χ0v) is 22.8. The smallest absolute Gasteiger partial charge is 0.339 e. The van der Waals surface area contributed by atoms with Crippen LogP contribution in [-0.4, -0.2) is 73.5 Å². The molecule has 2 N–H and O–H groups in total. The highest BCUT2D eigenvalue weighted by Crippen LogP contribution is 2.29. The third-order valence-corrected chi connectivity index (χ3v) is 7.50. The van der Waals surface area contributed by atoms with Crippen LogP contribution in [0.1, 0.15) is 97.2 Å². The molecule has 2 fully saturated rings. The van der Waals surface area contributed by atoms with Crippen LogP contribution >= 0.6 is 0 Å². The number of carbonyl (C=O) groups excluding carboxylic acids is 1. The van der Waals surface area contributed by atoms with Crippen LogP contribution in [0.25, 0.3) is 0 Å². The summed E-state index contributed by atoms with van der Waals surface area (Å²) in [5.74, 6) is 0.899. The van der Waals surface area contributed by atoms with Crippen molar-refractivity contribution >= 4 is 23.6 Å². The molecule has 1 aliphatic heterocycles. The number of aromatic carboxylic acids is 1. The number of carboxylic acid groups (broad SMARTS) is 1. The van der Waals surface area contributed by atoms with Crippen LogP contribution in [0.4, 0.5) is 11.8 Å². The Balaban J connectivity index is 1.50. The molecular weight excluding hydrogens is 470 g/mol. The number of amides is 1. The largest absolute Gasteiger partial charge is 0.478 e. The predicted molar refractivity (Wildman–Crippen MR) is 142 cm³/mol. The first-order valence-electron chi connectivity index (χ1n) is 13.2. The van der Waals surface area contributed by atoms with Gasteiger partial charge in [0.05, 0.1) is 28.8 Å². The molecule has 0 atom stereocenters. The number of nitrogens with one attached hydrogen (secondary N) is 1. The minimum absolute atomic E-state index is 0.133. The fourth-order valence-corrected chi connectivity index (χ4v) is 5.49. The highest BCUT2D eigenvalue weighted by Gasteiger charge is 2.39. The molecule has 0 radical (unpaired) electrons. The van der Waals surface area contributed by atoms with E-state index in [1.807, 2.05) is 23.6 Å². The Morgan fingerprint density at radius 2 is 1.76 bits per heavy atom. The second-order valence-corrected chi connectivity index (χ2v) is 11.2. The molecule has 0 spiro atoms. The molecule has 200 valence electrons. The molecule has 0 unspecified atom stereocenters. The lowest BCUT2D eigenvalue weighted by molar-refractivity contribution is 0.0505. The number of hydrogen-bond acceptors (Lipinski definition) is 8. The van der Waals surface area contributed by atoms with E-state index in [1.54, 1.807) is 20.0 Å². The van der Waals surface area contributed by atoms with Crippen molar-refractivity contribution in [3.8, 4) is 0 Å². The van der Waals surface area contributed by atoms with E-state index in [2.05, 4.69) is 34.1 Å². The van der Waals surface area contributed by atoms with Crippen molar-refractivity contribution in [2.45, 2.75) is 78.7 Å². The molecule has 37 heavy (non-hydrogen) atoms. The number of aromatic nitrogens is 4. The van der Waals surface area contributed by atoms with E-state index in [4.69, 9.17) is 4.98 Å². The molecule has 2 aromatic rings. The van der Waals surface area contributed by atoms with Gasteiger partial charge < -0.3 is 20.2 Å². The first-order valence-corrected chi connectivity index (χ1v) is 13.2. The molecule has 2 aliphatic rings. The quantitative estimate of drug-likeness (QED) is 0.569. The summed E-state index contributed by atoms with van der Waals surface area (Å²) in [6.07, 6.45) is 6.69. The van der Waals surface area contributed by atoms with Crippen molar-refractivity contribution in [1.82, 2.24) is 24.8 Å². The predicted octanol–water partition coefficient (Wildman–Crippen LogP) is 4.05. The summed E-state index contributed by atoms with van der Waals surface area (Å²) in [5.41, 5.74) is 1.65. The van der Waals surface area contributed by atoms with Gasteiger partial charge in [-0.2, -0.15) is 0 Å². The van der Waals surface area contributed by atoms with E-state index in [9.17, 15) is 14.7 Å². The molecule has 10 heteroatoms. The molecule has 1 aliphatic carbocycles. The van der Waals surface area contributed by atoms with Gasteiger partial charge >= 0.3 is 5.97 Å². The normalized spacial score (nSPS) is 17.9. The number of aryl methyl sites for hydroxylation is 2. The topological polar surface area (TPSA) is 124 Å². The van der Waals surface area contributed by atoms with E-state index in [1.165, 1.54) is 25.7 Å². The maximum absolute atomic E-state index is 13.6. The number of rotatable bonds is 7. The number of piperazine rings is 1. The molecule has 1 amide bonds. The third kappa shape index (κ3) is 5.67. The van der Waals surface area contributed by atoms with Crippen LogP contribution in [0, 0.1) is 19.8 Å². The fraction of sp³-hybridized carbons (Fsp3) is 0.630. The molecule has 4 rings (SSSR count). The Bertz CT molecular complexity index is 1150. The van der Waals surface area contributed by atoms with Crippen molar-refractivity contribution in [2.75, 3.05) is 36.4 Å². The van der Waals surface area contributed by atoms with Gasteiger partial charge in [0.1, 0.15) is 17.1 Å². The molecule has 1 saturated carbocycles. The summed E-state index contributed by atoms with van der Waals surface area (Å²) in [6, 6.07) is 0. The Morgan fingerprint density at radius 3 is 2.32 bits per heavy atom. The van der Waals surface area contributed by atoms with Gasteiger partial charge in [0.15, 0.2) is 0 Å². The van der Waals surface area contributed by atoms with Gasteiger partial charge in [-0.25, -0.2) is 24.7 Å². The van der Waals surface area contributed by atoms with E-state index in [-0.39, 0.29) is 17.4 Å². The maximum Gasteiger partial charge on any atom is 0.339 e. The van der Waals surface area contributed by atoms with Crippen molar-refractivity contribution in [1.29, 1.82) is 0 Å². The number of nitrogens with zero attached hydrogens (tertiary/aromatic N) is 6. The highest BCUT2D eigenvalue weighted by atomic mass is 16.4. The van der Waals surface area contributed by atoms with Gasteiger partial charge in [0.2, 0.25) is 5.95 Å². The van der Waals surface area contributed by atoms with Gasteiger partial charge in [-0.15, -0.1) is 0 Å². The highest BCUT2D eigenvalue weighted by molar-refractivity contribution is 5.93. The molecule has 10 nitrogen and oxygen atoms in total. The van der Waals surface area contributed by atoms with E-state index in [0.29, 0.717) is 48.6 Å². The van der Waals surface area contributed by atoms with Crippen molar-refractivity contribution in [3.63, 3.8) is 0 Å². The standard InChI is InChI=1S/C27H39N7O3/c1-16(2)22-23(28-13-19-9-7-8-10-19)29-14-20(32-22)24(35)34-12-11-33(15-27(34,5)6)26-30-17(3)21(25(36)37)18(4)31-26/h14,16,19H,7-13,15H2,1-6H3,(H,28,29)(H,36,37). The zero-order chi connectivity index (χ0) is 26.9. The molecule has 3 heterocycles. The second kappa shape index (κ2) is 10.6. The zero-order valence-electron chi connectivity index (χ0n) is 22.8. The molecular formula is C27H39N7O3. The van der Waals surface area contributed by atoms with E-state index in [0.717, 1.165) is 18.1 Å². The van der Waals surface area contributed by atoms with E-state index < -0.39 is 11.5 Å².